The van der Waals surface area contributed by atoms with Crippen LogP contribution in [-0.2, 0) is 31.1 Å². The van der Waals surface area contributed by atoms with Crippen LogP contribution in [0.5, 0.6) is 5.75 Å². The summed E-state index contributed by atoms with van der Waals surface area (Å²) < 4.78 is 70.6. The van der Waals surface area contributed by atoms with Crippen LogP contribution in [-0.4, -0.2) is 49.0 Å². The van der Waals surface area contributed by atoms with Gasteiger partial charge < -0.3 is 13.8 Å². The highest BCUT2D eigenvalue weighted by Crippen LogP contribution is 2.46. The molecule has 2 heterocycles. The SMILES string of the molecule is CCOC(=O)C1c2ccc(OS(=O)(=O)C(F)(F)F)cc2[C@H]2CN1C(=O)N2OCc1ccccc1. The molecule has 2 aromatic carbocycles. The second kappa shape index (κ2) is 8.80. The van der Waals surface area contributed by atoms with Crippen molar-refractivity contribution in [2.24, 2.45) is 0 Å². The lowest BCUT2D eigenvalue weighted by atomic mass is 9.91. The predicted octanol–water partition coefficient (Wildman–Crippen LogP) is 3.44. The molecule has 2 aromatic rings. The number of nitrogens with zero attached hydrogens (tertiary/aromatic N) is 2. The number of halogens is 3. The van der Waals surface area contributed by atoms with E-state index >= 15 is 0 Å². The van der Waals surface area contributed by atoms with Gasteiger partial charge in [0.05, 0.1) is 13.2 Å². The number of carbonyl (C=O) groups excluding carboxylic acids is 2. The molecule has 0 aliphatic carbocycles. The van der Waals surface area contributed by atoms with Crippen LogP contribution < -0.4 is 4.18 Å². The summed E-state index contributed by atoms with van der Waals surface area (Å²) >= 11 is 0. The van der Waals surface area contributed by atoms with Crippen LogP contribution in [0.25, 0.3) is 0 Å². The van der Waals surface area contributed by atoms with E-state index < -0.39 is 45.5 Å². The van der Waals surface area contributed by atoms with Gasteiger partial charge in [0.2, 0.25) is 0 Å². The third-order valence-electron chi connectivity index (χ3n) is 5.32. The Morgan fingerprint density at radius 1 is 1.12 bits per heavy atom. The molecule has 182 valence electrons. The molecule has 2 aliphatic heterocycles. The van der Waals surface area contributed by atoms with E-state index in [1.54, 1.807) is 37.3 Å². The molecule has 0 spiro atoms. The van der Waals surface area contributed by atoms with Gasteiger partial charge in [0.25, 0.3) is 0 Å². The molecule has 0 saturated carbocycles. The fourth-order valence-corrected chi connectivity index (χ4v) is 4.31. The Morgan fingerprint density at radius 3 is 2.47 bits per heavy atom. The molecule has 0 aromatic heterocycles. The van der Waals surface area contributed by atoms with Crippen molar-refractivity contribution >= 4 is 22.1 Å². The first-order valence-electron chi connectivity index (χ1n) is 10.1. The number of fused-ring (bicyclic) bond motifs is 4. The van der Waals surface area contributed by atoms with Gasteiger partial charge in [-0.15, -0.1) is 0 Å². The zero-order valence-electron chi connectivity index (χ0n) is 17.7. The van der Waals surface area contributed by atoms with Crippen LogP contribution in [0.4, 0.5) is 18.0 Å². The van der Waals surface area contributed by atoms with E-state index in [9.17, 15) is 31.2 Å². The quantitative estimate of drug-likeness (QED) is 0.326. The van der Waals surface area contributed by atoms with E-state index in [0.717, 1.165) is 22.8 Å². The molecule has 0 radical (unpaired) electrons. The molecule has 2 atom stereocenters. The number of alkyl halides is 3. The summed E-state index contributed by atoms with van der Waals surface area (Å²) in [5.41, 5.74) is -4.39. The van der Waals surface area contributed by atoms with Gasteiger partial charge in [0, 0.05) is 0 Å². The second-order valence-corrected chi connectivity index (χ2v) is 9.00. The van der Waals surface area contributed by atoms with Crippen molar-refractivity contribution < 1.29 is 44.9 Å². The summed E-state index contributed by atoms with van der Waals surface area (Å²) in [4.78, 5) is 32.7. The van der Waals surface area contributed by atoms with Crippen molar-refractivity contribution in [2.75, 3.05) is 13.2 Å². The normalized spacial score (nSPS) is 19.7. The fraction of sp³-hybridized carbons (Fsp3) is 0.333. The van der Waals surface area contributed by atoms with Gasteiger partial charge in [-0.2, -0.15) is 26.7 Å². The first-order chi connectivity index (χ1) is 16.0. The number of rotatable bonds is 7. The zero-order valence-corrected chi connectivity index (χ0v) is 18.5. The lowest BCUT2D eigenvalue weighted by molar-refractivity contribution is -0.149. The number of urea groups is 1. The maximum absolute atomic E-state index is 13.1. The van der Waals surface area contributed by atoms with Gasteiger partial charge in [-0.05, 0) is 35.7 Å². The van der Waals surface area contributed by atoms with Crippen molar-refractivity contribution in [3.63, 3.8) is 0 Å². The van der Waals surface area contributed by atoms with Crippen molar-refractivity contribution in [3.8, 4) is 5.75 Å². The Kier molecular flexibility index (Phi) is 6.16. The predicted molar refractivity (Wildman–Crippen MR) is 109 cm³/mol. The Labute approximate surface area is 192 Å². The summed E-state index contributed by atoms with van der Waals surface area (Å²) in [6.07, 6.45) is 0. The fourth-order valence-electron chi connectivity index (χ4n) is 3.86. The van der Waals surface area contributed by atoms with E-state index in [-0.39, 0.29) is 30.9 Å². The molecular formula is C21H19F3N2O7S. The Bertz CT molecular complexity index is 1200. The minimum atomic E-state index is -5.91. The largest absolute Gasteiger partial charge is 0.534 e. The molecule has 2 bridgehead atoms. The number of carbonyl (C=O) groups is 2. The third kappa shape index (κ3) is 4.28. The molecule has 34 heavy (non-hydrogen) atoms. The molecule has 4 rings (SSSR count). The molecule has 2 aliphatic rings. The topological polar surface area (TPSA) is 102 Å². The zero-order chi connectivity index (χ0) is 24.7. The van der Waals surface area contributed by atoms with Gasteiger partial charge in [-0.25, -0.2) is 9.59 Å². The summed E-state index contributed by atoms with van der Waals surface area (Å²) in [6, 6.07) is 9.56. The van der Waals surface area contributed by atoms with Gasteiger partial charge in [-0.1, -0.05) is 36.4 Å². The highest BCUT2D eigenvalue weighted by Gasteiger charge is 2.52. The Balaban J connectivity index is 1.71. The van der Waals surface area contributed by atoms with Gasteiger partial charge in [-0.3, -0.25) is 4.84 Å². The lowest BCUT2D eigenvalue weighted by Crippen LogP contribution is -2.39. The van der Waals surface area contributed by atoms with Crippen LogP contribution in [0.3, 0.4) is 0 Å². The molecule has 1 fully saturated rings. The first kappa shape index (κ1) is 23.8. The lowest BCUT2D eigenvalue weighted by Gasteiger charge is -2.31. The summed E-state index contributed by atoms with van der Waals surface area (Å²) in [5.74, 6) is -1.36. The average molecular weight is 500 g/mol. The first-order valence-corrected chi connectivity index (χ1v) is 11.5. The van der Waals surface area contributed by atoms with E-state index in [1.165, 1.54) is 11.0 Å². The van der Waals surface area contributed by atoms with Crippen molar-refractivity contribution in [1.29, 1.82) is 0 Å². The second-order valence-electron chi connectivity index (χ2n) is 7.46. The number of hydroxylamine groups is 2. The number of ether oxygens (including phenoxy) is 1. The summed E-state index contributed by atoms with van der Waals surface area (Å²) in [7, 11) is -5.91. The molecule has 13 heteroatoms. The molecule has 0 N–H and O–H groups in total. The van der Waals surface area contributed by atoms with Gasteiger partial charge in [0.15, 0.2) is 6.04 Å². The smallest absolute Gasteiger partial charge is 0.464 e. The minimum Gasteiger partial charge on any atom is -0.464 e. The van der Waals surface area contributed by atoms with Gasteiger partial charge in [0.1, 0.15) is 18.4 Å². The van der Waals surface area contributed by atoms with Crippen LogP contribution in [0.2, 0.25) is 0 Å². The highest BCUT2D eigenvalue weighted by molar-refractivity contribution is 7.88. The van der Waals surface area contributed by atoms with E-state index in [0.29, 0.717) is 0 Å². The van der Waals surface area contributed by atoms with Crippen LogP contribution in [0, 0.1) is 0 Å². The maximum Gasteiger partial charge on any atom is 0.534 e. The molecule has 1 saturated heterocycles. The van der Waals surface area contributed by atoms with Crippen LogP contribution in [0.1, 0.15) is 35.7 Å². The maximum atomic E-state index is 13.1. The summed E-state index contributed by atoms with van der Waals surface area (Å²) in [6.45, 7) is 1.61. The molecular weight excluding hydrogens is 481 g/mol. The standard InChI is InChI=1S/C21H19F3N2O7S/c1-2-31-19(27)18-15-9-8-14(33-34(29,30)21(22,23)24)10-16(15)17-11-25(18)20(28)26(17)32-12-13-6-4-3-5-7-13/h3-10,17-18H,2,11-12H2,1H3/t17-,18?/m1/s1. The van der Waals surface area contributed by atoms with Crippen molar-refractivity contribution in [3.05, 3.63) is 65.2 Å². The van der Waals surface area contributed by atoms with Gasteiger partial charge >= 0.3 is 27.6 Å². The number of benzene rings is 2. The van der Waals surface area contributed by atoms with E-state index in [4.69, 9.17) is 9.57 Å². The average Bonchev–Trinajstić information content (AvgIpc) is 3.05. The van der Waals surface area contributed by atoms with Crippen LogP contribution >= 0.6 is 0 Å². The van der Waals surface area contributed by atoms with Crippen molar-refractivity contribution in [1.82, 2.24) is 9.96 Å². The molecule has 9 nitrogen and oxygen atoms in total. The van der Waals surface area contributed by atoms with E-state index in [1.807, 2.05) is 0 Å². The molecule has 2 amide bonds. The number of esters is 1. The third-order valence-corrected chi connectivity index (χ3v) is 6.30. The van der Waals surface area contributed by atoms with Crippen molar-refractivity contribution in [2.45, 2.75) is 31.1 Å². The Morgan fingerprint density at radius 2 is 1.82 bits per heavy atom. The number of hydrogen-bond donors (Lipinski definition) is 0. The summed E-state index contributed by atoms with van der Waals surface area (Å²) in [5, 5.41) is 1.02. The number of amides is 2. The highest BCUT2D eigenvalue weighted by atomic mass is 32.2. The Hall–Kier alpha value is -3.32. The monoisotopic (exact) mass is 500 g/mol. The minimum absolute atomic E-state index is 0.00890. The van der Waals surface area contributed by atoms with Crippen LogP contribution in [0.15, 0.2) is 48.5 Å². The molecule has 1 unspecified atom stereocenters. The number of hydrogen-bond acceptors (Lipinski definition) is 7. The van der Waals surface area contributed by atoms with E-state index in [2.05, 4.69) is 4.18 Å².